The van der Waals surface area contributed by atoms with Gasteiger partial charge in [-0.25, -0.2) is 13.6 Å². The van der Waals surface area contributed by atoms with Crippen LogP contribution in [0.2, 0.25) is 5.02 Å². The van der Waals surface area contributed by atoms with Crippen molar-refractivity contribution in [1.82, 2.24) is 0 Å². The molecule has 0 aliphatic heterocycles. The molecule has 0 aliphatic rings. The second-order valence-electron chi connectivity index (χ2n) is 4.89. The van der Waals surface area contributed by atoms with Crippen LogP contribution in [0.3, 0.4) is 0 Å². The Morgan fingerprint density at radius 3 is 2.58 bits per heavy atom. The number of benzene rings is 2. The van der Waals surface area contributed by atoms with E-state index < -0.39 is 14.9 Å². The number of nitrogens with one attached hydrogen (secondary N) is 1. The van der Waals surface area contributed by atoms with Crippen LogP contribution in [0.5, 0.6) is 0 Å². The number of hydrogen-bond acceptors (Lipinski definition) is 5. The first kappa shape index (κ1) is 18.7. The molecule has 0 saturated carbocycles. The van der Waals surface area contributed by atoms with Gasteiger partial charge < -0.3 is 5.32 Å². The highest BCUT2D eigenvalue weighted by atomic mass is 79.9. The number of sulfonamides is 1. The van der Waals surface area contributed by atoms with E-state index >= 15 is 0 Å². The molecule has 2 aromatic rings. The first-order valence-electron chi connectivity index (χ1n) is 6.67. The van der Waals surface area contributed by atoms with E-state index in [4.69, 9.17) is 16.7 Å². The van der Waals surface area contributed by atoms with Crippen molar-refractivity contribution in [3.05, 3.63) is 61.6 Å². The van der Waals surface area contributed by atoms with Gasteiger partial charge in [0, 0.05) is 22.1 Å². The lowest BCUT2D eigenvalue weighted by molar-refractivity contribution is -0.384. The van der Waals surface area contributed by atoms with E-state index in [2.05, 4.69) is 21.2 Å². The fourth-order valence-electron chi connectivity index (χ4n) is 2.06. The molecule has 2 rings (SSSR count). The maximum absolute atomic E-state index is 11.3. The average Bonchev–Trinajstić information content (AvgIpc) is 2.49. The first-order chi connectivity index (χ1) is 11.2. The van der Waals surface area contributed by atoms with E-state index in [1.807, 2.05) is 6.07 Å². The summed E-state index contributed by atoms with van der Waals surface area (Å²) < 4.78 is 23.5. The third-order valence-electron chi connectivity index (χ3n) is 3.21. The van der Waals surface area contributed by atoms with Crippen LogP contribution in [-0.4, -0.2) is 19.9 Å². The Kier molecular flexibility index (Phi) is 5.81. The van der Waals surface area contributed by atoms with Crippen LogP contribution in [0.4, 0.5) is 11.4 Å². The largest absolute Gasteiger partial charge is 0.379 e. The number of primary sulfonamides is 1. The molecule has 10 heteroatoms. The molecule has 0 radical (unpaired) electrons. The second-order valence-corrected chi connectivity index (χ2v) is 7.75. The lowest BCUT2D eigenvalue weighted by Crippen LogP contribution is -2.13. The predicted octanol–water partition coefficient (Wildman–Crippen LogP) is 3.31. The van der Waals surface area contributed by atoms with Gasteiger partial charge in [0.15, 0.2) is 0 Å². The summed E-state index contributed by atoms with van der Waals surface area (Å²) in [6.45, 7) is 0.397. The summed E-state index contributed by atoms with van der Waals surface area (Å²) in [6.07, 6.45) is 0.565. The summed E-state index contributed by atoms with van der Waals surface area (Å²) in [4.78, 5) is 10.2. The van der Waals surface area contributed by atoms with E-state index in [0.29, 0.717) is 18.0 Å². The number of nitrogens with two attached hydrogens (primary N) is 1. The molecule has 0 heterocycles. The van der Waals surface area contributed by atoms with Crippen molar-refractivity contribution in [2.75, 3.05) is 11.9 Å². The second kappa shape index (κ2) is 7.47. The van der Waals surface area contributed by atoms with Crippen molar-refractivity contribution in [2.45, 2.75) is 11.3 Å². The maximum Gasteiger partial charge on any atom is 0.293 e. The third kappa shape index (κ3) is 4.67. The molecule has 0 atom stereocenters. The van der Waals surface area contributed by atoms with E-state index in [-0.39, 0.29) is 16.3 Å². The highest BCUT2D eigenvalue weighted by molar-refractivity contribution is 9.10. The molecule has 3 N–H and O–H groups in total. The first-order valence-corrected chi connectivity index (χ1v) is 9.39. The van der Waals surface area contributed by atoms with Crippen molar-refractivity contribution in [3.63, 3.8) is 0 Å². The van der Waals surface area contributed by atoms with Gasteiger partial charge >= 0.3 is 0 Å². The van der Waals surface area contributed by atoms with Crippen LogP contribution in [0.15, 0.2) is 45.8 Å². The zero-order valence-corrected chi connectivity index (χ0v) is 15.4. The lowest BCUT2D eigenvalue weighted by atomic mass is 10.1. The smallest absolute Gasteiger partial charge is 0.293 e. The van der Waals surface area contributed by atoms with Crippen molar-refractivity contribution in [3.8, 4) is 0 Å². The summed E-state index contributed by atoms with van der Waals surface area (Å²) in [5.74, 6) is 0. The van der Waals surface area contributed by atoms with Crippen LogP contribution in [0.1, 0.15) is 5.56 Å². The van der Waals surface area contributed by atoms with Gasteiger partial charge in [0.2, 0.25) is 10.0 Å². The van der Waals surface area contributed by atoms with Gasteiger partial charge in [-0.3, -0.25) is 10.1 Å². The number of halogens is 2. The normalized spacial score (nSPS) is 11.3. The van der Waals surface area contributed by atoms with Gasteiger partial charge in [0.25, 0.3) is 5.69 Å². The molecule has 0 saturated heterocycles. The molecular weight excluding hydrogens is 422 g/mol. The van der Waals surface area contributed by atoms with Crippen LogP contribution < -0.4 is 10.5 Å². The molecule has 2 aromatic carbocycles. The Bertz CT molecular complexity index is 890. The van der Waals surface area contributed by atoms with Crippen molar-refractivity contribution in [1.29, 1.82) is 0 Å². The Morgan fingerprint density at radius 1 is 1.25 bits per heavy atom. The standard InChI is InChI=1S/C14H13BrClN3O4S/c15-12-3-1-10(16)7-9(12)5-6-18-13-4-2-11(24(17,22)23)8-14(13)19(20)21/h1-4,7-8,18H,5-6H2,(H2,17,22,23). The molecule has 0 bridgehead atoms. The van der Waals surface area contributed by atoms with Gasteiger partial charge in [0.05, 0.1) is 9.82 Å². The van der Waals surface area contributed by atoms with Gasteiger partial charge in [0.1, 0.15) is 5.69 Å². The van der Waals surface area contributed by atoms with E-state index in [9.17, 15) is 18.5 Å². The van der Waals surface area contributed by atoms with Crippen molar-refractivity contribution >= 4 is 48.9 Å². The number of hydrogen-bond donors (Lipinski definition) is 2. The highest BCUT2D eigenvalue weighted by Crippen LogP contribution is 2.27. The maximum atomic E-state index is 11.3. The number of nitro groups is 1. The molecule has 7 nitrogen and oxygen atoms in total. The Hall–Kier alpha value is -1.68. The lowest BCUT2D eigenvalue weighted by Gasteiger charge is -2.09. The van der Waals surface area contributed by atoms with E-state index in [1.54, 1.807) is 12.1 Å². The van der Waals surface area contributed by atoms with Crippen LogP contribution in [0, 0.1) is 10.1 Å². The Labute approximate surface area is 152 Å². The molecule has 0 amide bonds. The Morgan fingerprint density at radius 2 is 1.96 bits per heavy atom. The third-order valence-corrected chi connectivity index (χ3v) is 5.13. The van der Waals surface area contributed by atoms with E-state index in [0.717, 1.165) is 16.1 Å². The molecule has 0 unspecified atom stereocenters. The van der Waals surface area contributed by atoms with Gasteiger partial charge in [-0.2, -0.15) is 0 Å². The fourth-order valence-corrected chi connectivity index (χ4v) is 3.23. The van der Waals surface area contributed by atoms with Gasteiger partial charge in [-0.1, -0.05) is 27.5 Å². The molecule has 0 aliphatic carbocycles. The van der Waals surface area contributed by atoms with Crippen LogP contribution in [0.25, 0.3) is 0 Å². The molecule has 24 heavy (non-hydrogen) atoms. The minimum absolute atomic E-state index is 0.213. The number of nitro benzene ring substituents is 1. The van der Waals surface area contributed by atoms with Crippen molar-refractivity contribution < 1.29 is 13.3 Å². The fraction of sp³-hybridized carbons (Fsp3) is 0.143. The Balaban J connectivity index is 2.18. The number of anilines is 1. The minimum atomic E-state index is -4.00. The molecule has 0 spiro atoms. The van der Waals surface area contributed by atoms with Crippen molar-refractivity contribution in [2.24, 2.45) is 5.14 Å². The zero-order valence-electron chi connectivity index (χ0n) is 12.2. The zero-order chi connectivity index (χ0) is 17.9. The SMILES string of the molecule is NS(=O)(=O)c1ccc(NCCc2cc(Cl)ccc2Br)c([N+](=O)[O-])c1. The molecular formula is C14H13BrClN3O4S. The van der Waals surface area contributed by atoms with Crippen LogP contribution >= 0.6 is 27.5 Å². The molecule has 128 valence electrons. The highest BCUT2D eigenvalue weighted by Gasteiger charge is 2.18. The number of rotatable bonds is 6. The van der Waals surface area contributed by atoms with Crippen LogP contribution in [-0.2, 0) is 16.4 Å². The minimum Gasteiger partial charge on any atom is -0.379 e. The predicted molar refractivity (Wildman–Crippen MR) is 95.8 cm³/mol. The quantitative estimate of drug-likeness (QED) is 0.534. The summed E-state index contributed by atoms with van der Waals surface area (Å²) in [6, 6.07) is 8.85. The van der Waals surface area contributed by atoms with E-state index in [1.165, 1.54) is 12.1 Å². The topological polar surface area (TPSA) is 115 Å². The van der Waals surface area contributed by atoms with Gasteiger partial charge in [-0.05, 0) is 42.3 Å². The van der Waals surface area contributed by atoms with Gasteiger partial charge in [-0.15, -0.1) is 0 Å². The summed E-state index contributed by atoms with van der Waals surface area (Å²) >= 11 is 9.35. The molecule has 0 fully saturated rings. The summed E-state index contributed by atoms with van der Waals surface area (Å²) in [5.41, 5.74) is 0.802. The summed E-state index contributed by atoms with van der Waals surface area (Å²) in [7, 11) is -4.00. The summed E-state index contributed by atoms with van der Waals surface area (Å²) in [5, 5.41) is 19.7. The number of nitrogens with zero attached hydrogens (tertiary/aromatic N) is 1. The monoisotopic (exact) mass is 433 g/mol. The average molecular weight is 435 g/mol. The molecule has 0 aromatic heterocycles.